The van der Waals surface area contributed by atoms with E-state index in [1.807, 2.05) is 4.90 Å². The summed E-state index contributed by atoms with van der Waals surface area (Å²) in [7, 11) is 0. The summed E-state index contributed by atoms with van der Waals surface area (Å²) in [6.45, 7) is 1.70. The van der Waals surface area contributed by atoms with Gasteiger partial charge in [0, 0.05) is 31.5 Å². The lowest BCUT2D eigenvalue weighted by Gasteiger charge is -2.19. The number of hydrogen-bond acceptors (Lipinski definition) is 4. The number of carbonyl (C=O) groups excluding carboxylic acids is 1. The largest absolute Gasteiger partial charge is 0.343 e. The molecule has 0 spiro atoms. The maximum absolute atomic E-state index is 12.9. The van der Waals surface area contributed by atoms with Gasteiger partial charge >= 0.3 is 0 Å². The third-order valence-electron chi connectivity index (χ3n) is 4.08. The molecule has 0 aliphatic carbocycles. The molecule has 122 valence electrons. The van der Waals surface area contributed by atoms with Gasteiger partial charge in [0.2, 0.25) is 17.6 Å². The van der Waals surface area contributed by atoms with Crippen molar-refractivity contribution in [3.63, 3.8) is 0 Å². The Morgan fingerprint density at radius 2 is 1.83 bits per heavy atom. The van der Waals surface area contributed by atoms with E-state index in [1.165, 1.54) is 25.0 Å². The fourth-order valence-electron chi connectivity index (χ4n) is 2.76. The normalized spacial score (nSPS) is 15.4. The van der Waals surface area contributed by atoms with Gasteiger partial charge in [-0.3, -0.25) is 4.79 Å². The molecule has 23 heavy (non-hydrogen) atoms. The average Bonchev–Trinajstić information content (AvgIpc) is 2.86. The van der Waals surface area contributed by atoms with Crippen LogP contribution in [-0.4, -0.2) is 34.0 Å². The summed E-state index contributed by atoms with van der Waals surface area (Å²) in [4.78, 5) is 18.4. The topological polar surface area (TPSA) is 59.2 Å². The summed E-state index contributed by atoms with van der Waals surface area (Å²) in [6.07, 6.45) is 5.39. The Morgan fingerprint density at radius 1 is 1.13 bits per heavy atom. The molecule has 5 nitrogen and oxygen atoms in total. The molecule has 1 aliphatic heterocycles. The molecule has 0 atom stereocenters. The lowest BCUT2D eigenvalue weighted by atomic mass is 10.2. The zero-order valence-corrected chi connectivity index (χ0v) is 13.0. The molecule has 1 aliphatic rings. The second-order valence-corrected chi connectivity index (χ2v) is 5.81. The van der Waals surface area contributed by atoms with E-state index in [1.54, 1.807) is 12.1 Å². The quantitative estimate of drug-likeness (QED) is 0.869. The summed E-state index contributed by atoms with van der Waals surface area (Å²) >= 11 is 0. The first-order valence-corrected chi connectivity index (χ1v) is 8.09. The van der Waals surface area contributed by atoms with E-state index in [2.05, 4.69) is 10.1 Å². The van der Waals surface area contributed by atoms with Crippen LogP contribution in [0.5, 0.6) is 0 Å². The van der Waals surface area contributed by atoms with E-state index in [4.69, 9.17) is 4.52 Å². The van der Waals surface area contributed by atoms with Gasteiger partial charge in [-0.1, -0.05) is 18.0 Å². The average molecular weight is 317 g/mol. The Kier molecular flexibility index (Phi) is 5.00. The van der Waals surface area contributed by atoms with Crippen LogP contribution < -0.4 is 0 Å². The molecule has 6 heteroatoms. The maximum atomic E-state index is 12.9. The van der Waals surface area contributed by atoms with Crippen LogP contribution in [0, 0.1) is 5.82 Å². The molecule has 0 saturated carbocycles. The molecule has 2 heterocycles. The second-order valence-electron chi connectivity index (χ2n) is 5.81. The Morgan fingerprint density at radius 3 is 2.52 bits per heavy atom. The van der Waals surface area contributed by atoms with Gasteiger partial charge in [0.1, 0.15) is 5.82 Å². The van der Waals surface area contributed by atoms with E-state index < -0.39 is 0 Å². The van der Waals surface area contributed by atoms with Crippen LogP contribution in [-0.2, 0) is 11.2 Å². The van der Waals surface area contributed by atoms with E-state index in [0.29, 0.717) is 30.1 Å². The molecule has 0 unspecified atom stereocenters. The first kappa shape index (κ1) is 15.6. The third kappa shape index (κ3) is 4.15. The van der Waals surface area contributed by atoms with Gasteiger partial charge in [0.15, 0.2) is 0 Å². The second kappa shape index (κ2) is 7.35. The highest BCUT2D eigenvalue weighted by molar-refractivity contribution is 5.76. The zero-order valence-electron chi connectivity index (χ0n) is 13.0. The van der Waals surface area contributed by atoms with Crippen molar-refractivity contribution in [2.45, 2.75) is 38.5 Å². The molecule has 1 fully saturated rings. The van der Waals surface area contributed by atoms with Gasteiger partial charge in [-0.15, -0.1) is 0 Å². The molecule has 0 radical (unpaired) electrons. The van der Waals surface area contributed by atoms with Gasteiger partial charge in [-0.25, -0.2) is 4.39 Å². The number of carbonyl (C=O) groups is 1. The monoisotopic (exact) mass is 317 g/mol. The minimum Gasteiger partial charge on any atom is -0.343 e. The number of rotatable bonds is 4. The van der Waals surface area contributed by atoms with Crippen molar-refractivity contribution in [1.82, 2.24) is 15.0 Å². The van der Waals surface area contributed by atoms with Crippen molar-refractivity contribution in [1.29, 1.82) is 0 Å². The van der Waals surface area contributed by atoms with Gasteiger partial charge in [-0.2, -0.15) is 4.98 Å². The van der Waals surface area contributed by atoms with Crippen molar-refractivity contribution >= 4 is 5.91 Å². The molecular formula is C17H20FN3O2. The maximum Gasteiger partial charge on any atom is 0.227 e. The molecule has 0 bridgehead atoms. The molecule has 0 N–H and O–H groups in total. The Bertz CT molecular complexity index is 646. The van der Waals surface area contributed by atoms with Crippen molar-refractivity contribution < 1.29 is 13.7 Å². The lowest BCUT2D eigenvalue weighted by molar-refractivity contribution is -0.131. The molecule has 1 aromatic carbocycles. The van der Waals surface area contributed by atoms with Crippen LogP contribution in [0.4, 0.5) is 4.39 Å². The minimum atomic E-state index is -0.305. The van der Waals surface area contributed by atoms with Crippen LogP contribution in [0.2, 0.25) is 0 Å². The minimum absolute atomic E-state index is 0.147. The van der Waals surface area contributed by atoms with Crippen molar-refractivity contribution in [3.8, 4) is 11.4 Å². The van der Waals surface area contributed by atoms with Gasteiger partial charge in [0.25, 0.3) is 0 Å². The number of likely N-dealkylation sites (tertiary alicyclic amines) is 1. The van der Waals surface area contributed by atoms with Crippen LogP contribution in [0.15, 0.2) is 28.8 Å². The fourth-order valence-corrected chi connectivity index (χ4v) is 2.76. The fraction of sp³-hybridized carbons (Fsp3) is 0.471. The van der Waals surface area contributed by atoms with Crippen molar-refractivity contribution in [2.24, 2.45) is 0 Å². The first-order chi connectivity index (χ1) is 11.2. The Labute approximate surface area is 134 Å². The van der Waals surface area contributed by atoms with Gasteiger partial charge in [-0.05, 0) is 37.1 Å². The lowest BCUT2D eigenvalue weighted by Crippen LogP contribution is -2.31. The number of benzene rings is 1. The predicted molar refractivity (Wildman–Crippen MR) is 83.1 cm³/mol. The number of amides is 1. The highest BCUT2D eigenvalue weighted by Gasteiger charge is 2.17. The Hall–Kier alpha value is -2.24. The summed E-state index contributed by atoms with van der Waals surface area (Å²) in [6, 6.07) is 5.92. The highest BCUT2D eigenvalue weighted by atomic mass is 19.1. The summed E-state index contributed by atoms with van der Waals surface area (Å²) in [5, 5.41) is 3.89. The molecule has 3 rings (SSSR count). The number of hydrogen-bond donors (Lipinski definition) is 0. The predicted octanol–water partition coefficient (Wildman–Crippen LogP) is 3.21. The number of aryl methyl sites for hydroxylation is 1. The number of aromatic nitrogens is 2. The molecular weight excluding hydrogens is 297 g/mol. The van der Waals surface area contributed by atoms with Crippen LogP contribution in [0.25, 0.3) is 11.4 Å². The summed E-state index contributed by atoms with van der Waals surface area (Å²) < 4.78 is 18.1. The standard InChI is InChI=1S/C17H20FN3O2/c18-14-7-5-13(6-8-14)17-19-15(23-20-17)9-10-16(22)21-11-3-1-2-4-12-21/h5-8H,1-4,9-12H2. The number of halogens is 1. The van der Waals surface area contributed by atoms with Crippen LogP contribution >= 0.6 is 0 Å². The van der Waals surface area contributed by atoms with Crippen LogP contribution in [0.3, 0.4) is 0 Å². The van der Waals surface area contributed by atoms with E-state index in [9.17, 15) is 9.18 Å². The van der Waals surface area contributed by atoms with Gasteiger partial charge in [0.05, 0.1) is 0 Å². The zero-order chi connectivity index (χ0) is 16.1. The third-order valence-corrected chi connectivity index (χ3v) is 4.08. The summed E-state index contributed by atoms with van der Waals surface area (Å²) in [5.74, 6) is 0.698. The molecule has 1 aromatic heterocycles. The van der Waals surface area contributed by atoms with Crippen LogP contribution in [0.1, 0.15) is 38.0 Å². The number of nitrogens with zero attached hydrogens (tertiary/aromatic N) is 3. The molecule has 1 saturated heterocycles. The van der Waals surface area contributed by atoms with Crippen molar-refractivity contribution in [3.05, 3.63) is 36.0 Å². The smallest absolute Gasteiger partial charge is 0.227 e. The van der Waals surface area contributed by atoms with E-state index >= 15 is 0 Å². The molecule has 2 aromatic rings. The van der Waals surface area contributed by atoms with E-state index in [-0.39, 0.29) is 11.7 Å². The summed E-state index contributed by atoms with van der Waals surface area (Å²) in [5.41, 5.74) is 0.695. The van der Waals surface area contributed by atoms with Crippen molar-refractivity contribution in [2.75, 3.05) is 13.1 Å². The highest BCUT2D eigenvalue weighted by Crippen LogP contribution is 2.17. The molecule has 1 amide bonds. The first-order valence-electron chi connectivity index (χ1n) is 8.09. The van der Waals surface area contributed by atoms with Gasteiger partial charge < -0.3 is 9.42 Å². The van der Waals surface area contributed by atoms with E-state index in [0.717, 1.165) is 25.9 Å². The Balaban J connectivity index is 1.56. The SMILES string of the molecule is O=C(CCc1nc(-c2ccc(F)cc2)no1)N1CCCCCC1.